The Balaban J connectivity index is 1.12. The normalized spacial score (nSPS) is 23.4. The van der Waals surface area contributed by atoms with Gasteiger partial charge in [0, 0.05) is 27.7 Å². The first-order valence-corrected chi connectivity index (χ1v) is 13.6. The second-order valence-electron chi connectivity index (χ2n) is 11.1. The van der Waals surface area contributed by atoms with Crippen LogP contribution in [-0.2, 0) is 5.41 Å². The van der Waals surface area contributed by atoms with Crippen molar-refractivity contribution >= 4 is 33.3 Å². The Labute approximate surface area is 213 Å². The first-order chi connectivity index (χ1) is 17.7. The van der Waals surface area contributed by atoms with Crippen LogP contribution in [0.4, 0.5) is 11.4 Å². The highest BCUT2D eigenvalue weighted by atomic mass is 16.3. The van der Waals surface area contributed by atoms with E-state index in [9.17, 15) is 0 Å². The minimum Gasteiger partial charge on any atom is -0.455 e. The molecule has 36 heavy (non-hydrogen) atoms. The van der Waals surface area contributed by atoms with Crippen LogP contribution in [0, 0.1) is 11.8 Å². The molecule has 180 valence electrons. The highest BCUT2D eigenvalue weighted by molar-refractivity contribution is 6.09. The molecule has 7 rings (SSSR count). The molecule has 2 atom stereocenters. The quantitative estimate of drug-likeness (QED) is 0.276. The minimum absolute atomic E-state index is 0.391. The summed E-state index contributed by atoms with van der Waals surface area (Å²) in [6.45, 7) is 2.39. The molecule has 0 spiro atoms. The zero-order valence-electron chi connectivity index (χ0n) is 21.0. The topological polar surface area (TPSA) is 25.2 Å². The molecule has 0 amide bonds. The molecule has 2 saturated carbocycles. The van der Waals surface area contributed by atoms with E-state index in [0.29, 0.717) is 5.41 Å². The van der Waals surface area contributed by atoms with Gasteiger partial charge in [0.05, 0.1) is 0 Å². The van der Waals surface area contributed by atoms with E-state index < -0.39 is 0 Å². The van der Waals surface area contributed by atoms with Gasteiger partial charge in [0.1, 0.15) is 11.2 Å². The molecule has 1 heterocycles. The zero-order valence-corrected chi connectivity index (χ0v) is 21.0. The number of rotatable bonds is 5. The van der Waals surface area contributed by atoms with Crippen molar-refractivity contribution in [1.82, 2.24) is 0 Å². The summed E-state index contributed by atoms with van der Waals surface area (Å²) in [5.41, 5.74) is 8.37. The molecule has 2 nitrogen and oxygen atoms in total. The van der Waals surface area contributed by atoms with Gasteiger partial charge in [-0.05, 0) is 84.4 Å². The van der Waals surface area contributed by atoms with Crippen LogP contribution in [0.3, 0.4) is 0 Å². The molecule has 1 aromatic heterocycles. The Morgan fingerprint density at radius 2 is 1.42 bits per heavy atom. The predicted molar refractivity (Wildman–Crippen MR) is 151 cm³/mol. The van der Waals surface area contributed by atoms with Crippen molar-refractivity contribution in [1.29, 1.82) is 0 Å². The van der Waals surface area contributed by atoms with Gasteiger partial charge in [-0.1, -0.05) is 80.4 Å². The van der Waals surface area contributed by atoms with Crippen LogP contribution in [0.5, 0.6) is 0 Å². The van der Waals surface area contributed by atoms with Crippen LogP contribution >= 0.6 is 0 Å². The molecule has 2 fully saturated rings. The van der Waals surface area contributed by atoms with E-state index in [4.69, 9.17) is 4.42 Å². The lowest BCUT2D eigenvalue weighted by Gasteiger charge is -2.41. The van der Waals surface area contributed by atoms with Gasteiger partial charge in [0.2, 0.25) is 0 Å². The monoisotopic (exact) mass is 471 g/mol. The van der Waals surface area contributed by atoms with E-state index >= 15 is 0 Å². The van der Waals surface area contributed by atoms with E-state index in [2.05, 4.69) is 91.1 Å². The molecule has 2 aliphatic carbocycles. The molecule has 0 unspecified atom stereocenters. The summed E-state index contributed by atoms with van der Waals surface area (Å²) in [6, 6.07) is 32.7. The molecule has 2 aliphatic rings. The van der Waals surface area contributed by atoms with Crippen molar-refractivity contribution in [2.45, 2.75) is 50.9 Å². The summed E-state index contributed by atoms with van der Waals surface area (Å²) >= 11 is 0. The van der Waals surface area contributed by atoms with E-state index in [1.807, 2.05) is 12.1 Å². The SMILES string of the molecule is CCC1(c2ccc(Nc3ccc(-c4cccc5c4oc4ccccc45)cc3)cc2)C[C@@H]2CC[C@H](C2)C1. The first kappa shape index (κ1) is 21.7. The van der Waals surface area contributed by atoms with Crippen LogP contribution in [0.2, 0.25) is 0 Å². The lowest BCUT2D eigenvalue weighted by molar-refractivity contribution is 0.207. The van der Waals surface area contributed by atoms with Gasteiger partial charge in [-0.2, -0.15) is 0 Å². The number of hydrogen-bond acceptors (Lipinski definition) is 2. The average molecular weight is 472 g/mol. The largest absolute Gasteiger partial charge is 0.455 e. The van der Waals surface area contributed by atoms with E-state index in [1.165, 1.54) is 49.3 Å². The van der Waals surface area contributed by atoms with Crippen LogP contribution in [0.1, 0.15) is 51.0 Å². The van der Waals surface area contributed by atoms with Crippen molar-refractivity contribution in [2.24, 2.45) is 11.8 Å². The summed E-state index contributed by atoms with van der Waals surface area (Å²) < 4.78 is 6.24. The number of nitrogens with one attached hydrogen (secondary N) is 1. The standard InChI is InChI=1S/C34H33NO/c1-2-34(21-23-10-11-24(20-23)22-34)26-14-18-28(19-15-26)35-27-16-12-25(13-17-27)29-7-5-8-31-30-6-3-4-9-32(30)36-33(29)31/h3-9,12-19,23-24,35H,2,10-11,20-22H2,1H3/t23-,24-/m1/s1. The Morgan fingerprint density at radius 3 is 2.14 bits per heavy atom. The molecular weight excluding hydrogens is 438 g/mol. The Morgan fingerprint density at radius 1 is 0.750 bits per heavy atom. The summed E-state index contributed by atoms with van der Waals surface area (Å²) in [5, 5.41) is 5.94. The summed E-state index contributed by atoms with van der Waals surface area (Å²) in [7, 11) is 0. The van der Waals surface area contributed by atoms with Crippen molar-refractivity contribution < 1.29 is 4.42 Å². The Hall–Kier alpha value is -3.52. The average Bonchev–Trinajstić information content (AvgIpc) is 3.48. The number of furan rings is 1. The van der Waals surface area contributed by atoms with Gasteiger partial charge in [0.25, 0.3) is 0 Å². The lowest BCUT2D eigenvalue weighted by atomic mass is 9.64. The predicted octanol–water partition coefficient (Wildman–Crippen LogP) is 9.85. The third-order valence-corrected chi connectivity index (χ3v) is 9.07. The van der Waals surface area contributed by atoms with Crippen LogP contribution in [-0.4, -0.2) is 0 Å². The van der Waals surface area contributed by atoms with Crippen molar-refractivity contribution in [2.75, 3.05) is 5.32 Å². The molecule has 2 heteroatoms. The van der Waals surface area contributed by atoms with E-state index in [0.717, 1.165) is 45.5 Å². The molecule has 5 aromatic rings. The van der Waals surface area contributed by atoms with Crippen molar-refractivity contribution in [3.05, 3.63) is 96.6 Å². The van der Waals surface area contributed by atoms with Crippen molar-refractivity contribution in [3.63, 3.8) is 0 Å². The molecule has 4 aromatic carbocycles. The summed E-state index contributed by atoms with van der Waals surface area (Å²) in [4.78, 5) is 0. The van der Waals surface area contributed by atoms with Gasteiger partial charge in [-0.15, -0.1) is 0 Å². The maximum atomic E-state index is 6.24. The number of benzene rings is 4. The minimum atomic E-state index is 0.391. The van der Waals surface area contributed by atoms with Crippen LogP contribution in [0.15, 0.2) is 95.4 Å². The molecular formula is C34H33NO. The summed E-state index contributed by atoms with van der Waals surface area (Å²) in [5.74, 6) is 1.90. The van der Waals surface area contributed by atoms with E-state index in [1.54, 1.807) is 5.56 Å². The third-order valence-electron chi connectivity index (χ3n) is 9.07. The van der Waals surface area contributed by atoms with E-state index in [-0.39, 0.29) is 0 Å². The highest BCUT2D eigenvalue weighted by Crippen LogP contribution is 2.53. The van der Waals surface area contributed by atoms with Crippen LogP contribution < -0.4 is 5.32 Å². The first-order valence-electron chi connectivity index (χ1n) is 13.6. The van der Waals surface area contributed by atoms with Crippen molar-refractivity contribution in [3.8, 4) is 11.1 Å². The summed E-state index contributed by atoms with van der Waals surface area (Å²) in [6.07, 6.45) is 8.40. The lowest BCUT2D eigenvalue weighted by Crippen LogP contribution is -2.33. The van der Waals surface area contributed by atoms with Crippen LogP contribution in [0.25, 0.3) is 33.1 Å². The molecule has 1 N–H and O–H groups in total. The highest BCUT2D eigenvalue weighted by Gasteiger charge is 2.43. The van der Waals surface area contributed by atoms with Gasteiger partial charge < -0.3 is 9.73 Å². The third kappa shape index (κ3) is 3.63. The smallest absolute Gasteiger partial charge is 0.143 e. The molecule has 0 radical (unpaired) electrons. The van der Waals surface area contributed by atoms with Gasteiger partial charge in [-0.25, -0.2) is 0 Å². The van der Waals surface area contributed by atoms with Gasteiger partial charge >= 0.3 is 0 Å². The number of anilines is 2. The Kier molecular flexibility index (Phi) is 5.16. The number of fused-ring (bicyclic) bond motifs is 5. The van der Waals surface area contributed by atoms with Gasteiger partial charge in [0.15, 0.2) is 0 Å². The maximum absolute atomic E-state index is 6.24. The fourth-order valence-corrected chi connectivity index (χ4v) is 7.25. The molecule has 2 bridgehead atoms. The maximum Gasteiger partial charge on any atom is 0.143 e. The zero-order chi connectivity index (χ0) is 24.1. The van der Waals surface area contributed by atoms with Gasteiger partial charge in [-0.3, -0.25) is 0 Å². The molecule has 0 saturated heterocycles. The number of hydrogen-bond donors (Lipinski definition) is 1. The Bertz CT molecular complexity index is 1510. The fourth-order valence-electron chi connectivity index (χ4n) is 7.25. The molecule has 0 aliphatic heterocycles. The fraction of sp³-hybridized carbons (Fsp3) is 0.294. The number of para-hydroxylation sites is 2. The second-order valence-corrected chi connectivity index (χ2v) is 11.1. The second kappa shape index (κ2) is 8.55.